The van der Waals surface area contributed by atoms with Crippen LogP contribution in [0.25, 0.3) is 0 Å². The Kier molecular flexibility index (Phi) is 6.34. The van der Waals surface area contributed by atoms with Crippen LogP contribution in [0.3, 0.4) is 0 Å². The Morgan fingerprint density at radius 1 is 1.23 bits per heavy atom. The van der Waals surface area contributed by atoms with E-state index in [1.165, 1.54) is 0 Å². The molecule has 8 heteroatoms. The van der Waals surface area contributed by atoms with Crippen molar-refractivity contribution in [3.8, 4) is 5.88 Å². The summed E-state index contributed by atoms with van der Waals surface area (Å²) >= 11 is 0. The topological polar surface area (TPSA) is 79.7 Å². The first-order valence-electron chi connectivity index (χ1n) is 10.6. The van der Waals surface area contributed by atoms with E-state index in [-0.39, 0.29) is 11.8 Å². The van der Waals surface area contributed by atoms with Crippen LogP contribution in [0.1, 0.15) is 32.6 Å². The van der Waals surface area contributed by atoms with E-state index in [2.05, 4.69) is 20.2 Å². The Morgan fingerprint density at radius 2 is 1.93 bits per heavy atom. The summed E-state index contributed by atoms with van der Waals surface area (Å²) in [5, 5.41) is 13.2. The summed E-state index contributed by atoms with van der Waals surface area (Å²) in [6, 6.07) is 7.97. The third-order valence-electron chi connectivity index (χ3n) is 5.85. The maximum atomic E-state index is 14.1. The highest BCUT2D eigenvalue weighted by Gasteiger charge is 2.29. The third-order valence-corrected chi connectivity index (χ3v) is 5.85. The van der Waals surface area contributed by atoms with E-state index in [4.69, 9.17) is 9.47 Å². The lowest BCUT2D eigenvalue weighted by molar-refractivity contribution is 0.00103. The molecule has 1 aromatic carbocycles. The molecule has 1 aromatic heterocycles. The average Bonchev–Trinajstić information content (AvgIpc) is 2.76. The number of anilines is 3. The molecule has 0 spiro atoms. The summed E-state index contributed by atoms with van der Waals surface area (Å²) in [6.07, 6.45) is 4.32. The fourth-order valence-corrected chi connectivity index (χ4v) is 3.88. The van der Waals surface area contributed by atoms with Gasteiger partial charge in [-0.1, -0.05) is 0 Å². The fourth-order valence-electron chi connectivity index (χ4n) is 3.88. The average molecular weight is 416 g/mol. The van der Waals surface area contributed by atoms with Crippen molar-refractivity contribution >= 4 is 17.3 Å². The van der Waals surface area contributed by atoms with Gasteiger partial charge in [0.1, 0.15) is 0 Å². The molecule has 1 aliphatic heterocycles. The molecule has 2 aromatic rings. The number of aliphatic hydroxyl groups is 1. The van der Waals surface area contributed by atoms with Crippen molar-refractivity contribution in [2.75, 3.05) is 43.1 Å². The monoisotopic (exact) mass is 416 g/mol. The second-order valence-electron chi connectivity index (χ2n) is 8.37. The van der Waals surface area contributed by atoms with Gasteiger partial charge in [0.25, 0.3) is 5.88 Å². The van der Waals surface area contributed by atoms with Crippen LogP contribution in [0.2, 0.25) is 0 Å². The van der Waals surface area contributed by atoms with Crippen LogP contribution in [0, 0.1) is 11.7 Å². The smallest absolute Gasteiger partial charge is 0.255 e. The minimum atomic E-state index is -0.592. The first kappa shape index (κ1) is 20.8. The van der Waals surface area contributed by atoms with Gasteiger partial charge in [0.15, 0.2) is 0 Å². The van der Waals surface area contributed by atoms with Gasteiger partial charge in [0, 0.05) is 24.5 Å². The Bertz CT molecular complexity index is 831. The zero-order valence-electron chi connectivity index (χ0n) is 17.3. The molecular formula is C22H29FN4O3. The summed E-state index contributed by atoms with van der Waals surface area (Å²) in [7, 11) is 0. The van der Waals surface area contributed by atoms with Crippen molar-refractivity contribution < 1.29 is 19.0 Å². The maximum Gasteiger partial charge on any atom is 0.255 e. The Labute approximate surface area is 176 Å². The summed E-state index contributed by atoms with van der Waals surface area (Å²) in [5.74, 6) is -0.0402. The highest BCUT2D eigenvalue weighted by atomic mass is 19.1. The molecule has 2 aliphatic rings. The van der Waals surface area contributed by atoms with Crippen molar-refractivity contribution in [2.45, 2.75) is 38.2 Å². The standard InChI is InChI=1S/C22H29FN4O3/c1-22(28)8-6-16(7-9-22)15-30-20-19(23)14-24-21(26-20)25-17-2-4-18(5-3-17)27-10-12-29-13-11-27/h2-5,14,16,28H,6-13,15H2,1H3,(H,24,25,26). The number of ether oxygens (including phenoxy) is 2. The van der Waals surface area contributed by atoms with Gasteiger partial charge in [0.2, 0.25) is 11.8 Å². The molecule has 0 unspecified atom stereocenters. The number of aromatic nitrogens is 2. The number of morpholine rings is 1. The second-order valence-corrected chi connectivity index (χ2v) is 8.37. The van der Waals surface area contributed by atoms with E-state index in [0.29, 0.717) is 12.5 Å². The molecule has 30 heavy (non-hydrogen) atoms. The van der Waals surface area contributed by atoms with Gasteiger partial charge in [-0.25, -0.2) is 4.98 Å². The van der Waals surface area contributed by atoms with Crippen LogP contribution in [-0.4, -0.2) is 53.6 Å². The zero-order valence-corrected chi connectivity index (χ0v) is 17.3. The first-order valence-corrected chi connectivity index (χ1v) is 10.6. The van der Waals surface area contributed by atoms with Crippen LogP contribution >= 0.6 is 0 Å². The molecule has 1 aliphatic carbocycles. The number of hydrogen-bond donors (Lipinski definition) is 2. The van der Waals surface area contributed by atoms with Crippen LogP contribution in [0.4, 0.5) is 21.7 Å². The van der Waals surface area contributed by atoms with Crippen molar-refractivity contribution in [1.82, 2.24) is 9.97 Å². The number of hydrogen-bond acceptors (Lipinski definition) is 7. The number of benzene rings is 1. The molecule has 4 rings (SSSR count). The minimum Gasteiger partial charge on any atom is -0.475 e. The van der Waals surface area contributed by atoms with E-state index in [1.54, 1.807) is 0 Å². The van der Waals surface area contributed by atoms with Crippen molar-refractivity contribution in [2.24, 2.45) is 5.92 Å². The van der Waals surface area contributed by atoms with Gasteiger partial charge in [-0.2, -0.15) is 9.37 Å². The third kappa shape index (κ3) is 5.37. The largest absolute Gasteiger partial charge is 0.475 e. The zero-order chi connectivity index (χ0) is 21.0. The van der Waals surface area contributed by atoms with Gasteiger partial charge < -0.3 is 24.8 Å². The molecule has 2 fully saturated rings. The quantitative estimate of drug-likeness (QED) is 0.746. The van der Waals surface area contributed by atoms with Crippen molar-refractivity contribution in [3.63, 3.8) is 0 Å². The molecular weight excluding hydrogens is 387 g/mol. The lowest BCUT2D eigenvalue weighted by atomic mass is 9.80. The van der Waals surface area contributed by atoms with E-state index in [0.717, 1.165) is 69.6 Å². The number of rotatable bonds is 6. The van der Waals surface area contributed by atoms with Crippen LogP contribution in [0.15, 0.2) is 30.5 Å². The first-order chi connectivity index (χ1) is 14.5. The number of halogens is 1. The minimum absolute atomic E-state index is 0.0465. The van der Waals surface area contributed by atoms with Gasteiger partial charge in [0.05, 0.1) is 31.6 Å². The van der Waals surface area contributed by atoms with Gasteiger partial charge in [-0.05, 0) is 62.8 Å². The molecule has 162 valence electrons. The van der Waals surface area contributed by atoms with E-state index < -0.39 is 11.4 Å². The van der Waals surface area contributed by atoms with E-state index in [9.17, 15) is 9.50 Å². The Balaban J connectivity index is 1.34. The molecule has 2 N–H and O–H groups in total. The predicted molar refractivity (Wildman–Crippen MR) is 113 cm³/mol. The Morgan fingerprint density at radius 3 is 2.63 bits per heavy atom. The summed E-state index contributed by atoms with van der Waals surface area (Å²) in [5.41, 5.74) is 1.36. The molecule has 1 saturated carbocycles. The summed E-state index contributed by atoms with van der Waals surface area (Å²) in [6.45, 7) is 5.50. The SMILES string of the molecule is CC1(O)CCC(COc2nc(Nc3ccc(N4CCOCC4)cc3)ncc2F)CC1. The van der Waals surface area contributed by atoms with E-state index >= 15 is 0 Å². The van der Waals surface area contributed by atoms with Gasteiger partial charge in [-0.3, -0.25) is 0 Å². The fraction of sp³-hybridized carbons (Fsp3) is 0.545. The van der Waals surface area contributed by atoms with Gasteiger partial charge in [-0.15, -0.1) is 0 Å². The normalized spacial score (nSPS) is 24.5. The van der Waals surface area contributed by atoms with Gasteiger partial charge >= 0.3 is 0 Å². The number of nitrogens with one attached hydrogen (secondary N) is 1. The number of nitrogens with zero attached hydrogens (tertiary/aromatic N) is 3. The highest BCUT2D eigenvalue weighted by Crippen LogP contribution is 2.32. The second kappa shape index (κ2) is 9.14. The summed E-state index contributed by atoms with van der Waals surface area (Å²) in [4.78, 5) is 10.5. The molecule has 0 atom stereocenters. The van der Waals surface area contributed by atoms with Crippen LogP contribution in [-0.2, 0) is 4.74 Å². The lowest BCUT2D eigenvalue weighted by Crippen LogP contribution is -2.36. The molecule has 7 nitrogen and oxygen atoms in total. The lowest BCUT2D eigenvalue weighted by Gasteiger charge is -2.32. The predicted octanol–water partition coefficient (Wildman–Crippen LogP) is 3.52. The maximum absolute atomic E-state index is 14.1. The molecule has 0 radical (unpaired) electrons. The Hall–Kier alpha value is -2.45. The van der Waals surface area contributed by atoms with Crippen molar-refractivity contribution in [1.29, 1.82) is 0 Å². The highest BCUT2D eigenvalue weighted by molar-refractivity contribution is 5.59. The van der Waals surface area contributed by atoms with E-state index in [1.807, 2.05) is 31.2 Å². The molecule has 0 bridgehead atoms. The van der Waals surface area contributed by atoms with Crippen LogP contribution in [0.5, 0.6) is 5.88 Å². The van der Waals surface area contributed by atoms with Crippen molar-refractivity contribution in [3.05, 3.63) is 36.3 Å². The van der Waals surface area contributed by atoms with Crippen LogP contribution < -0.4 is 15.0 Å². The summed E-state index contributed by atoms with van der Waals surface area (Å²) < 4.78 is 25.2. The molecule has 2 heterocycles. The molecule has 0 amide bonds. The molecule has 1 saturated heterocycles.